The summed E-state index contributed by atoms with van der Waals surface area (Å²) in [6.45, 7) is 0. The van der Waals surface area contributed by atoms with Crippen molar-refractivity contribution in [3.63, 3.8) is 0 Å². The van der Waals surface area contributed by atoms with Crippen LogP contribution in [-0.2, 0) is 4.74 Å². The van der Waals surface area contributed by atoms with Gasteiger partial charge in [0.05, 0.1) is 22.8 Å². The van der Waals surface area contributed by atoms with Crippen LogP contribution in [0.2, 0.25) is 0 Å². The Morgan fingerprint density at radius 1 is 0.640 bits per heavy atom. The van der Waals surface area contributed by atoms with Gasteiger partial charge < -0.3 is 14.7 Å². The van der Waals surface area contributed by atoms with Gasteiger partial charge in [-0.05, 0) is 60.7 Å². The summed E-state index contributed by atoms with van der Waals surface area (Å²) in [5.41, 5.74) is 5.24. The van der Waals surface area contributed by atoms with E-state index in [0.717, 1.165) is 56.4 Å². The van der Waals surface area contributed by atoms with E-state index in [2.05, 4.69) is 9.97 Å². The highest BCUT2D eigenvalue weighted by Crippen LogP contribution is 2.37. The molecular formula is C20H12N4O. The van der Waals surface area contributed by atoms with E-state index in [9.17, 15) is 0 Å². The largest absolute Gasteiger partial charge is 0.448 e. The molecule has 118 valence electrons. The van der Waals surface area contributed by atoms with E-state index in [1.165, 1.54) is 0 Å². The van der Waals surface area contributed by atoms with Gasteiger partial charge in [0.25, 0.3) is 0 Å². The van der Waals surface area contributed by atoms with E-state index in [4.69, 9.17) is 14.7 Å². The number of rotatable bonds is 0. The van der Waals surface area contributed by atoms with Gasteiger partial charge in [-0.3, -0.25) is 0 Å². The molecule has 10 bridgehead atoms. The molecular weight excluding hydrogens is 312 g/mol. The lowest BCUT2D eigenvalue weighted by Gasteiger charge is -2.17. The Labute approximate surface area is 142 Å². The Morgan fingerprint density at radius 2 is 1.20 bits per heavy atom. The van der Waals surface area contributed by atoms with Gasteiger partial charge in [0.2, 0.25) is 0 Å². The van der Waals surface area contributed by atoms with Crippen LogP contribution in [-0.4, -0.2) is 21.4 Å². The molecule has 2 aromatic heterocycles. The fraction of sp³-hybridized carbons (Fsp3) is 0. The second-order valence-electron chi connectivity index (χ2n) is 6.21. The van der Waals surface area contributed by atoms with Crippen LogP contribution >= 0.6 is 0 Å². The maximum atomic E-state index is 6.22. The fourth-order valence-corrected chi connectivity index (χ4v) is 3.34. The van der Waals surface area contributed by atoms with Crippen molar-refractivity contribution in [2.24, 2.45) is 9.98 Å². The molecule has 0 unspecified atom stereocenters. The summed E-state index contributed by atoms with van der Waals surface area (Å²) in [7, 11) is 0. The molecule has 0 saturated carbocycles. The van der Waals surface area contributed by atoms with Gasteiger partial charge in [0.15, 0.2) is 11.5 Å². The number of fused-ring (bicyclic) bond motifs is 10. The van der Waals surface area contributed by atoms with Gasteiger partial charge in [0, 0.05) is 10.7 Å². The number of nitrogens with one attached hydrogen (secondary N) is 2. The first kappa shape index (κ1) is 12.8. The first-order valence-electron chi connectivity index (χ1n) is 8.10. The molecule has 0 aromatic carbocycles. The van der Waals surface area contributed by atoms with Gasteiger partial charge in [-0.15, -0.1) is 0 Å². The number of aliphatic imine (C=N–C) groups is 2. The maximum Gasteiger partial charge on any atom is 0.176 e. The zero-order valence-corrected chi connectivity index (χ0v) is 13.1. The predicted molar refractivity (Wildman–Crippen MR) is 97.8 cm³/mol. The monoisotopic (exact) mass is 324 g/mol. The van der Waals surface area contributed by atoms with Gasteiger partial charge in [-0.2, -0.15) is 0 Å². The van der Waals surface area contributed by atoms with Gasteiger partial charge >= 0.3 is 0 Å². The lowest BCUT2D eigenvalue weighted by Crippen LogP contribution is -2.12. The molecule has 5 heteroatoms. The van der Waals surface area contributed by atoms with Crippen molar-refractivity contribution >= 4 is 35.1 Å². The highest BCUT2D eigenvalue weighted by atomic mass is 16.5. The lowest BCUT2D eigenvalue weighted by atomic mass is 10.2. The van der Waals surface area contributed by atoms with Crippen LogP contribution in [0, 0.1) is 0 Å². The highest BCUT2D eigenvalue weighted by molar-refractivity contribution is 6.20. The van der Waals surface area contributed by atoms with E-state index < -0.39 is 0 Å². The third-order valence-electron chi connectivity index (χ3n) is 4.51. The molecule has 0 aliphatic carbocycles. The Hall–Kier alpha value is -3.60. The first-order chi connectivity index (χ1) is 12.3. The predicted octanol–water partition coefficient (Wildman–Crippen LogP) is 2.01. The van der Waals surface area contributed by atoms with Crippen LogP contribution in [0.15, 0.2) is 69.9 Å². The van der Waals surface area contributed by atoms with Crippen molar-refractivity contribution in [1.82, 2.24) is 9.97 Å². The molecule has 0 radical (unpaired) electrons. The zero-order chi connectivity index (χ0) is 16.4. The summed E-state index contributed by atoms with van der Waals surface area (Å²) in [5, 5.41) is 2.01. The average Bonchev–Trinajstić information content (AvgIpc) is 3.38. The molecule has 6 heterocycles. The summed E-state index contributed by atoms with van der Waals surface area (Å²) in [5.74, 6) is 1.45. The van der Waals surface area contributed by atoms with E-state index in [1.807, 2.05) is 60.7 Å². The van der Waals surface area contributed by atoms with E-state index in [1.54, 1.807) is 0 Å². The Morgan fingerprint density at radius 3 is 1.76 bits per heavy atom. The molecule has 2 N–H and O–H groups in total. The molecule has 2 aromatic rings. The van der Waals surface area contributed by atoms with Crippen molar-refractivity contribution in [2.75, 3.05) is 0 Å². The van der Waals surface area contributed by atoms with Crippen LogP contribution in [0.4, 0.5) is 0 Å². The molecule has 6 rings (SSSR count). The minimum absolute atomic E-state index is 0.727. The molecule has 0 atom stereocenters. The molecule has 25 heavy (non-hydrogen) atoms. The third-order valence-corrected chi connectivity index (χ3v) is 4.51. The zero-order valence-electron chi connectivity index (χ0n) is 13.1. The summed E-state index contributed by atoms with van der Waals surface area (Å²) >= 11 is 0. The van der Waals surface area contributed by atoms with Crippen LogP contribution in [0.1, 0.15) is 11.4 Å². The summed E-state index contributed by atoms with van der Waals surface area (Å²) in [6.07, 6.45) is 12.0. The Balaban J connectivity index is 1.71. The second kappa shape index (κ2) is 4.48. The SMILES string of the molecule is C1=CC2=C3OC(=C4C=CC(=N4)C=c4ccc([nH]4)=CC1=N2)c1ccc3[nH]1. The van der Waals surface area contributed by atoms with Gasteiger partial charge in [-0.1, -0.05) is 0 Å². The average molecular weight is 324 g/mol. The van der Waals surface area contributed by atoms with Crippen molar-refractivity contribution in [3.05, 3.63) is 82.0 Å². The number of ether oxygens (including phenoxy) is 1. The highest BCUT2D eigenvalue weighted by Gasteiger charge is 2.26. The molecule has 0 fully saturated rings. The smallest absolute Gasteiger partial charge is 0.176 e. The minimum atomic E-state index is 0.727. The lowest BCUT2D eigenvalue weighted by molar-refractivity contribution is 0.451. The van der Waals surface area contributed by atoms with E-state index in [0.29, 0.717) is 0 Å². The van der Waals surface area contributed by atoms with Crippen LogP contribution in [0.5, 0.6) is 0 Å². The maximum absolute atomic E-state index is 6.22. The van der Waals surface area contributed by atoms with E-state index in [-0.39, 0.29) is 0 Å². The molecule has 0 amide bonds. The number of aromatic nitrogens is 2. The van der Waals surface area contributed by atoms with Crippen LogP contribution in [0.25, 0.3) is 23.7 Å². The summed E-state index contributed by atoms with van der Waals surface area (Å²) in [4.78, 5) is 16.2. The molecule has 0 spiro atoms. The van der Waals surface area contributed by atoms with Crippen LogP contribution in [0.3, 0.4) is 0 Å². The standard InChI is InChI=1S/C20H12N4O/c1-2-12-10-14-4-6-16(23-14)20-18-8-7-17(24-18)19(25-20)15-5-3-13(22-15)9-11(1)21-12/h1-10,21,24H. The van der Waals surface area contributed by atoms with Gasteiger partial charge in [0.1, 0.15) is 11.4 Å². The van der Waals surface area contributed by atoms with Crippen molar-refractivity contribution < 1.29 is 4.74 Å². The fourth-order valence-electron chi connectivity index (χ4n) is 3.34. The second-order valence-corrected chi connectivity index (χ2v) is 6.21. The van der Waals surface area contributed by atoms with Gasteiger partial charge in [-0.25, -0.2) is 9.98 Å². The number of allylic oxidation sites excluding steroid dienone is 4. The quantitative estimate of drug-likeness (QED) is 0.715. The molecule has 4 aliphatic rings. The van der Waals surface area contributed by atoms with Crippen molar-refractivity contribution in [1.29, 1.82) is 0 Å². The van der Waals surface area contributed by atoms with Crippen LogP contribution < -0.4 is 10.7 Å². The third kappa shape index (κ3) is 1.89. The topological polar surface area (TPSA) is 65.5 Å². The number of aromatic amines is 2. The molecule has 4 aliphatic heterocycles. The number of hydrogen-bond donors (Lipinski definition) is 2. The van der Waals surface area contributed by atoms with Crippen molar-refractivity contribution in [2.45, 2.75) is 0 Å². The molecule has 5 nitrogen and oxygen atoms in total. The first-order valence-corrected chi connectivity index (χ1v) is 8.10. The summed E-state index contributed by atoms with van der Waals surface area (Å²) in [6, 6.07) is 8.11. The normalized spacial score (nSPS) is 19.2. The Bertz CT molecular complexity index is 1160. The van der Waals surface area contributed by atoms with E-state index >= 15 is 0 Å². The number of nitrogens with zero attached hydrogens (tertiary/aromatic N) is 2. The molecule has 0 saturated heterocycles. The summed E-state index contributed by atoms with van der Waals surface area (Å²) < 4.78 is 6.22. The number of hydrogen-bond acceptors (Lipinski definition) is 3. The van der Waals surface area contributed by atoms with Crippen molar-refractivity contribution in [3.8, 4) is 0 Å². The minimum Gasteiger partial charge on any atom is -0.448 e. The number of H-pyrrole nitrogens is 2. The Kier molecular flexibility index (Phi) is 2.29.